The lowest BCUT2D eigenvalue weighted by Crippen LogP contribution is -2.53. The number of methoxy groups -OCH3 is 1. The number of ether oxygens (including phenoxy) is 1. The molecule has 0 aromatic carbocycles. The predicted molar refractivity (Wildman–Crippen MR) is 77.0 cm³/mol. The van der Waals surface area contributed by atoms with Crippen LogP contribution in [0.1, 0.15) is 30.0 Å². The van der Waals surface area contributed by atoms with Gasteiger partial charge in [0, 0.05) is 12.6 Å². The second kappa shape index (κ2) is 4.89. The highest BCUT2D eigenvalue weighted by Crippen LogP contribution is 2.49. The number of aromatic nitrogens is 1. The van der Waals surface area contributed by atoms with Crippen LogP contribution < -0.4 is 5.32 Å². The van der Waals surface area contributed by atoms with Gasteiger partial charge in [-0.25, -0.2) is 0 Å². The van der Waals surface area contributed by atoms with Gasteiger partial charge in [-0.3, -0.25) is 24.6 Å². The van der Waals surface area contributed by atoms with Crippen molar-refractivity contribution in [3.8, 4) is 0 Å². The number of amides is 2. The number of carbonyl (C=O) groups is 3. The molecule has 4 atom stereocenters. The van der Waals surface area contributed by atoms with Gasteiger partial charge in [0.15, 0.2) is 0 Å². The lowest BCUT2D eigenvalue weighted by Gasteiger charge is -2.27. The third kappa shape index (κ3) is 1.87. The Bertz CT molecular complexity index is 692. The average molecular weight is 321 g/mol. The van der Waals surface area contributed by atoms with E-state index in [-0.39, 0.29) is 11.8 Å². The maximum Gasteiger partial charge on any atom is 0.326 e. The molecule has 0 spiro atoms. The fourth-order valence-corrected chi connectivity index (χ4v) is 3.86. The molecule has 1 aromatic heterocycles. The second-order valence-electron chi connectivity index (χ2n) is 6.29. The van der Waals surface area contributed by atoms with Gasteiger partial charge < -0.3 is 9.26 Å². The zero-order valence-corrected chi connectivity index (χ0v) is 13.7. The van der Waals surface area contributed by atoms with E-state index in [0.717, 1.165) is 4.90 Å². The summed E-state index contributed by atoms with van der Waals surface area (Å²) in [4.78, 5) is 38.5. The van der Waals surface area contributed by atoms with Crippen LogP contribution in [0.3, 0.4) is 0 Å². The number of imide groups is 1. The van der Waals surface area contributed by atoms with E-state index in [1.54, 1.807) is 20.8 Å². The van der Waals surface area contributed by atoms with Crippen LogP contribution in [-0.2, 0) is 19.1 Å². The Balaban J connectivity index is 2.15. The van der Waals surface area contributed by atoms with E-state index in [9.17, 15) is 14.4 Å². The van der Waals surface area contributed by atoms with Gasteiger partial charge >= 0.3 is 5.97 Å². The zero-order chi connectivity index (χ0) is 17.1. The monoisotopic (exact) mass is 321 g/mol. The number of hydrogen-bond acceptors (Lipinski definition) is 7. The molecule has 0 saturated carbocycles. The summed E-state index contributed by atoms with van der Waals surface area (Å²) in [5, 5.41) is 7.05. The molecular formula is C15H19N3O5. The van der Waals surface area contributed by atoms with Crippen molar-refractivity contribution >= 4 is 17.8 Å². The van der Waals surface area contributed by atoms with E-state index in [0.29, 0.717) is 17.0 Å². The number of nitrogens with one attached hydrogen (secondary N) is 1. The molecule has 23 heavy (non-hydrogen) atoms. The Morgan fingerprint density at radius 3 is 2.52 bits per heavy atom. The van der Waals surface area contributed by atoms with Crippen molar-refractivity contribution in [2.75, 3.05) is 14.2 Å². The third-order valence-electron chi connectivity index (χ3n) is 5.02. The van der Waals surface area contributed by atoms with Crippen LogP contribution >= 0.6 is 0 Å². The predicted octanol–water partition coefficient (Wildman–Crippen LogP) is 0.0984. The first-order valence-corrected chi connectivity index (χ1v) is 7.34. The summed E-state index contributed by atoms with van der Waals surface area (Å²) in [6.07, 6.45) is 0. The molecule has 1 N–H and O–H groups in total. The topological polar surface area (TPSA) is 102 Å². The highest BCUT2D eigenvalue weighted by atomic mass is 16.5. The number of nitrogens with zero attached hydrogens (tertiary/aromatic N) is 2. The molecule has 1 aromatic rings. The highest BCUT2D eigenvalue weighted by Gasteiger charge is 2.66. The first-order chi connectivity index (χ1) is 10.7. The minimum absolute atomic E-state index is 0.315. The largest absolute Gasteiger partial charge is 0.468 e. The summed E-state index contributed by atoms with van der Waals surface area (Å²) in [6.45, 7) is 5.10. The minimum atomic E-state index is -1.28. The maximum atomic E-state index is 12.6. The summed E-state index contributed by atoms with van der Waals surface area (Å²) in [5.41, 5.74) is 0.0596. The van der Waals surface area contributed by atoms with Crippen LogP contribution in [0, 0.1) is 25.7 Å². The molecule has 3 rings (SSSR count). The van der Waals surface area contributed by atoms with E-state index < -0.39 is 29.4 Å². The molecule has 2 fully saturated rings. The number of esters is 1. The Morgan fingerprint density at radius 1 is 1.35 bits per heavy atom. The van der Waals surface area contributed by atoms with Crippen molar-refractivity contribution in [1.29, 1.82) is 0 Å². The molecule has 2 amide bonds. The normalized spacial score (nSPS) is 33.3. The van der Waals surface area contributed by atoms with Gasteiger partial charge in [-0.1, -0.05) is 5.16 Å². The van der Waals surface area contributed by atoms with Gasteiger partial charge in [-0.05, 0) is 20.8 Å². The minimum Gasteiger partial charge on any atom is -0.468 e. The molecule has 124 valence electrons. The van der Waals surface area contributed by atoms with E-state index in [2.05, 4.69) is 10.5 Å². The Labute approximate surface area is 133 Å². The van der Waals surface area contributed by atoms with Crippen molar-refractivity contribution < 1.29 is 23.6 Å². The standard InChI is InChI=1S/C15H19N3O5/c1-6-8(7(2)23-17-6)11-9-10(13(20)18(4)12(9)19)15(3,16-11)14(21)22-5/h9-11,16H,1-5H3/t9-,10-,11-,15-/m0/s1. The molecular weight excluding hydrogens is 302 g/mol. The van der Waals surface area contributed by atoms with Gasteiger partial charge in [0.25, 0.3) is 0 Å². The lowest BCUT2D eigenvalue weighted by atomic mass is 9.80. The number of aryl methyl sites for hydroxylation is 2. The zero-order valence-electron chi connectivity index (χ0n) is 13.7. The van der Waals surface area contributed by atoms with Crippen molar-refractivity contribution in [3.63, 3.8) is 0 Å². The summed E-state index contributed by atoms with van der Waals surface area (Å²) >= 11 is 0. The van der Waals surface area contributed by atoms with E-state index in [4.69, 9.17) is 9.26 Å². The summed E-state index contributed by atoms with van der Waals surface area (Å²) in [7, 11) is 2.70. The van der Waals surface area contributed by atoms with Crippen LogP contribution in [0.4, 0.5) is 0 Å². The third-order valence-corrected chi connectivity index (χ3v) is 5.02. The van der Waals surface area contributed by atoms with E-state index in [1.165, 1.54) is 14.2 Å². The fourth-order valence-electron chi connectivity index (χ4n) is 3.86. The Hall–Kier alpha value is -2.22. The van der Waals surface area contributed by atoms with Gasteiger partial charge in [0.05, 0.1) is 30.7 Å². The second-order valence-corrected chi connectivity index (χ2v) is 6.29. The molecule has 3 heterocycles. The quantitative estimate of drug-likeness (QED) is 0.609. The van der Waals surface area contributed by atoms with Crippen LogP contribution in [0.5, 0.6) is 0 Å². The van der Waals surface area contributed by atoms with Crippen molar-refractivity contribution in [3.05, 3.63) is 17.0 Å². The van der Waals surface area contributed by atoms with Crippen molar-refractivity contribution in [2.24, 2.45) is 11.8 Å². The number of rotatable bonds is 2. The molecule has 2 saturated heterocycles. The Morgan fingerprint density at radius 2 is 2.00 bits per heavy atom. The van der Waals surface area contributed by atoms with Crippen LogP contribution in [-0.4, -0.2) is 47.5 Å². The van der Waals surface area contributed by atoms with Gasteiger partial charge in [-0.15, -0.1) is 0 Å². The first-order valence-electron chi connectivity index (χ1n) is 7.34. The number of hydrogen-bond donors (Lipinski definition) is 1. The first kappa shape index (κ1) is 15.7. The van der Waals surface area contributed by atoms with E-state index in [1.807, 2.05) is 0 Å². The van der Waals surface area contributed by atoms with Crippen LogP contribution in [0.2, 0.25) is 0 Å². The SMILES string of the molecule is COC(=O)[C@@]1(C)N[C@@H](c2c(C)noc2C)[C@H]2C(=O)N(C)C(=O)[C@H]21. The number of carbonyl (C=O) groups excluding carboxylic acids is 3. The van der Waals surface area contributed by atoms with Crippen molar-refractivity contribution in [2.45, 2.75) is 32.4 Å². The molecule has 0 bridgehead atoms. The molecule has 8 nitrogen and oxygen atoms in total. The average Bonchev–Trinajstić information content (AvgIpc) is 3.08. The van der Waals surface area contributed by atoms with Crippen LogP contribution in [0.25, 0.3) is 0 Å². The van der Waals surface area contributed by atoms with Gasteiger partial charge in [0.1, 0.15) is 11.3 Å². The molecule has 0 unspecified atom stereocenters. The smallest absolute Gasteiger partial charge is 0.326 e. The Kier molecular flexibility index (Phi) is 3.33. The maximum absolute atomic E-state index is 12.6. The summed E-state index contributed by atoms with van der Waals surface area (Å²) in [5.74, 6) is -2.21. The highest BCUT2D eigenvalue weighted by molar-refractivity contribution is 6.09. The molecule has 2 aliphatic heterocycles. The lowest BCUT2D eigenvalue weighted by molar-refractivity contribution is -0.152. The molecule has 8 heteroatoms. The fraction of sp³-hybridized carbons (Fsp3) is 0.600. The number of likely N-dealkylation sites (tertiary alicyclic amines) is 1. The van der Waals surface area contributed by atoms with Crippen LogP contribution in [0.15, 0.2) is 4.52 Å². The van der Waals surface area contributed by atoms with Gasteiger partial charge in [0.2, 0.25) is 11.8 Å². The van der Waals surface area contributed by atoms with E-state index >= 15 is 0 Å². The van der Waals surface area contributed by atoms with Crippen molar-refractivity contribution in [1.82, 2.24) is 15.4 Å². The molecule has 0 aliphatic carbocycles. The number of fused-ring (bicyclic) bond motifs is 1. The summed E-state index contributed by atoms with van der Waals surface area (Å²) < 4.78 is 10.1. The van der Waals surface area contributed by atoms with Gasteiger partial charge in [-0.2, -0.15) is 0 Å². The summed E-state index contributed by atoms with van der Waals surface area (Å²) in [6, 6.07) is -0.531. The molecule has 2 aliphatic rings. The molecule has 0 radical (unpaired) electrons.